The summed E-state index contributed by atoms with van der Waals surface area (Å²) in [5, 5.41) is 21.2. The van der Waals surface area contributed by atoms with E-state index >= 15 is 0 Å². The zero-order valence-corrected chi connectivity index (χ0v) is 16.3. The second-order valence-corrected chi connectivity index (χ2v) is 7.18. The lowest BCUT2D eigenvalue weighted by Gasteiger charge is -2.08. The third-order valence-electron chi connectivity index (χ3n) is 4.65. The van der Waals surface area contributed by atoms with Gasteiger partial charge in [-0.2, -0.15) is 0 Å². The normalized spacial score (nSPS) is 14.4. The van der Waals surface area contributed by atoms with Gasteiger partial charge < -0.3 is 9.84 Å². The number of rotatable bonds is 3. The Bertz CT molecular complexity index is 1230. The molecule has 8 nitrogen and oxygen atoms in total. The fourth-order valence-electron chi connectivity index (χ4n) is 3.29. The summed E-state index contributed by atoms with van der Waals surface area (Å²) in [6.45, 7) is 0.446. The number of aromatic nitrogens is 2. The second-order valence-electron chi connectivity index (χ2n) is 6.32. The van der Waals surface area contributed by atoms with Crippen LogP contribution in [0.1, 0.15) is 17.8 Å². The number of hydrogen-bond acceptors (Lipinski definition) is 6. The van der Waals surface area contributed by atoms with Crippen molar-refractivity contribution in [1.29, 1.82) is 0 Å². The van der Waals surface area contributed by atoms with E-state index in [9.17, 15) is 20.0 Å². The summed E-state index contributed by atoms with van der Waals surface area (Å²) in [5.41, 5.74) is 1.62. The van der Waals surface area contributed by atoms with Crippen LogP contribution in [0.4, 0.5) is 5.69 Å². The molecule has 0 bridgehead atoms. The topological polar surface area (TPSA) is 107 Å². The molecule has 1 aromatic heterocycles. The van der Waals surface area contributed by atoms with Gasteiger partial charge in [-0.3, -0.25) is 19.5 Å². The molecule has 1 aliphatic heterocycles. The van der Waals surface area contributed by atoms with E-state index in [1.807, 2.05) is 6.08 Å². The van der Waals surface area contributed by atoms with Crippen molar-refractivity contribution in [1.82, 2.24) is 9.55 Å². The Hall–Kier alpha value is -3.20. The van der Waals surface area contributed by atoms with Crippen molar-refractivity contribution >= 4 is 44.2 Å². The monoisotopic (exact) mass is 443 g/mol. The first-order valence-electron chi connectivity index (χ1n) is 8.35. The van der Waals surface area contributed by atoms with Gasteiger partial charge in [0.05, 0.1) is 27.4 Å². The summed E-state index contributed by atoms with van der Waals surface area (Å²) in [6.07, 6.45) is 2.48. The number of fused-ring (bicyclic) bond motifs is 2. The fraction of sp³-hybridized carbons (Fsp3) is 0.158. The molecule has 1 N–H and O–H groups in total. The first-order chi connectivity index (χ1) is 13.4. The number of benzene rings is 2. The molecular formula is C19H14BrN3O5. The molecule has 3 aromatic rings. The molecule has 142 valence electrons. The van der Waals surface area contributed by atoms with Gasteiger partial charge in [0.15, 0.2) is 11.5 Å². The number of allylic oxidation sites excluding steroid dienone is 1. The average molecular weight is 444 g/mol. The molecule has 4 rings (SSSR count). The molecule has 0 saturated carbocycles. The van der Waals surface area contributed by atoms with E-state index in [0.717, 1.165) is 11.1 Å². The lowest BCUT2D eigenvalue weighted by molar-refractivity contribution is -0.384. The summed E-state index contributed by atoms with van der Waals surface area (Å²) in [4.78, 5) is 27.8. The Kier molecular flexibility index (Phi) is 4.38. The van der Waals surface area contributed by atoms with Crippen molar-refractivity contribution in [3.63, 3.8) is 0 Å². The van der Waals surface area contributed by atoms with Crippen LogP contribution in [-0.2, 0) is 6.54 Å². The van der Waals surface area contributed by atoms with Crippen molar-refractivity contribution in [3.05, 3.63) is 66.7 Å². The molecule has 1 aliphatic rings. The minimum atomic E-state index is -0.530. The van der Waals surface area contributed by atoms with E-state index in [1.54, 1.807) is 12.1 Å². The number of nitrogens with zero attached hydrogens (tertiary/aromatic N) is 3. The highest BCUT2D eigenvalue weighted by atomic mass is 79.9. The molecule has 0 spiro atoms. The number of aromatic hydroxyl groups is 1. The Morgan fingerprint density at radius 1 is 1.36 bits per heavy atom. The number of nitro benzene ring substituents is 1. The maximum Gasteiger partial charge on any atom is 0.270 e. The summed E-state index contributed by atoms with van der Waals surface area (Å²) >= 11 is 3.30. The number of non-ortho nitro benzene ring substituents is 1. The zero-order chi connectivity index (χ0) is 20.0. The number of nitro groups is 1. The Balaban J connectivity index is 1.86. The third kappa shape index (κ3) is 2.93. The zero-order valence-electron chi connectivity index (χ0n) is 14.7. The molecule has 0 amide bonds. The molecule has 0 atom stereocenters. The third-order valence-corrected chi connectivity index (χ3v) is 5.26. The van der Waals surface area contributed by atoms with Gasteiger partial charge in [0, 0.05) is 18.7 Å². The lowest BCUT2D eigenvalue weighted by atomic mass is 10.1. The number of hydrogen-bond donors (Lipinski definition) is 1. The van der Waals surface area contributed by atoms with Gasteiger partial charge >= 0.3 is 0 Å². The molecule has 2 aromatic carbocycles. The number of phenolic OH excluding ortho intramolecular Hbond substituents is 1. The SMILES string of the molecule is COc1cc(/C=C2\CCn3c2nc2ccc([N+](=O)[O-])cc2c3=O)cc(Br)c1O. The van der Waals surface area contributed by atoms with Crippen LogP contribution >= 0.6 is 15.9 Å². The van der Waals surface area contributed by atoms with Gasteiger partial charge in [-0.25, -0.2) is 4.98 Å². The molecule has 0 saturated heterocycles. The molecule has 0 unspecified atom stereocenters. The van der Waals surface area contributed by atoms with Gasteiger partial charge in [0.1, 0.15) is 5.82 Å². The highest BCUT2D eigenvalue weighted by Gasteiger charge is 2.22. The van der Waals surface area contributed by atoms with E-state index in [1.165, 1.54) is 29.9 Å². The van der Waals surface area contributed by atoms with Gasteiger partial charge in [0.25, 0.3) is 11.2 Å². The van der Waals surface area contributed by atoms with Gasteiger partial charge in [-0.1, -0.05) is 0 Å². The highest BCUT2D eigenvalue weighted by molar-refractivity contribution is 9.10. The quantitative estimate of drug-likeness (QED) is 0.488. The van der Waals surface area contributed by atoms with Crippen molar-refractivity contribution in [2.75, 3.05) is 7.11 Å². The minimum Gasteiger partial charge on any atom is -0.503 e. The van der Waals surface area contributed by atoms with Crippen molar-refractivity contribution in [3.8, 4) is 11.5 Å². The summed E-state index contributed by atoms with van der Waals surface area (Å²) in [5.74, 6) is 0.878. The number of methoxy groups -OCH3 is 1. The standard InChI is InChI=1S/C19H14BrN3O5/c1-28-16-8-10(7-14(20)17(16)24)6-11-4-5-22-18(11)21-15-3-2-12(23(26)27)9-13(15)19(22)25/h2-3,6-9,24H,4-5H2,1H3/b11-6+. The predicted molar refractivity (Wildman–Crippen MR) is 108 cm³/mol. The maximum absolute atomic E-state index is 12.8. The highest BCUT2D eigenvalue weighted by Crippen LogP contribution is 2.37. The minimum absolute atomic E-state index is 0.0124. The maximum atomic E-state index is 12.8. The summed E-state index contributed by atoms with van der Waals surface area (Å²) in [7, 11) is 1.47. The van der Waals surface area contributed by atoms with Crippen LogP contribution in [0.25, 0.3) is 22.6 Å². The van der Waals surface area contributed by atoms with Crippen molar-refractivity contribution in [2.24, 2.45) is 0 Å². The van der Waals surface area contributed by atoms with E-state index in [4.69, 9.17) is 4.74 Å². The van der Waals surface area contributed by atoms with Crippen molar-refractivity contribution < 1.29 is 14.8 Å². The van der Waals surface area contributed by atoms with Crippen LogP contribution < -0.4 is 10.3 Å². The molecule has 0 aliphatic carbocycles. The molecular weight excluding hydrogens is 430 g/mol. The first kappa shape index (κ1) is 18.2. The summed E-state index contributed by atoms with van der Waals surface area (Å²) in [6, 6.07) is 7.54. The number of phenols is 1. The molecule has 28 heavy (non-hydrogen) atoms. The van der Waals surface area contributed by atoms with Gasteiger partial charge in [-0.05, 0) is 57.8 Å². The van der Waals surface area contributed by atoms with Gasteiger partial charge in [-0.15, -0.1) is 0 Å². The van der Waals surface area contributed by atoms with Crippen LogP contribution in [-0.4, -0.2) is 26.7 Å². The van der Waals surface area contributed by atoms with Crippen molar-refractivity contribution in [2.45, 2.75) is 13.0 Å². The van der Waals surface area contributed by atoms with Crippen LogP contribution in [0.5, 0.6) is 11.5 Å². The van der Waals surface area contributed by atoms with E-state index in [2.05, 4.69) is 20.9 Å². The van der Waals surface area contributed by atoms with Gasteiger partial charge in [0.2, 0.25) is 0 Å². The van der Waals surface area contributed by atoms with Crippen LogP contribution in [0.15, 0.2) is 39.6 Å². The molecule has 0 radical (unpaired) electrons. The largest absolute Gasteiger partial charge is 0.503 e. The lowest BCUT2D eigenvalue weighted by Crippen LogP contribution is -2.20. The number of halogens is 1. The summed E-state index contributed by atoms with van der Waals surface area (Å²) < 4.78 is 7.20. The number of ether oxygens (including phenoxy) is 1. The average Bonchev–Trinajstić information content (AvgIpc) is 3.07. The Morgan fingerprint density at radius 2 is 2.14 bits per heavy atom. The first-order valence-corrected chi connectivity index (χ1v) is 9.15. The molecule has 9 heteroatoms. The Labute approximate surface area is 167 Å². The van der Waals surface area contributed by atoms with Crippen LogP contribution in [0.3, 0.4) is 0 Å². The predicted octanol–water partition coefficient (Wildman–Crippen LogP) is 3.73. The van der Waals surface area contributed by atoms with E-state index in [0.29, 0.717) is 34.5 Å². The van der Waals surface area contributed by atoms with E-state index in [-0.39, 0.29) is 22.4 Å². The Morgan fingerprint density at radius 3 is 2.86 bits per heavy atom. The van der Waals surface area contributed by atoms with Crippen LogP contribution in [0.2, 0.25) is 0 Å². The molecule has 2 heterocycles. The van der Waals surface area contributed by atoms with Crippen LogP contribution in [0, 0.1) is 10.1 Å². The fourth-order valence-corrected chi connectivity index (χ4v) is 3.75. The molecule has 0 fully saturated rings. The van der Waals surface area contributed by atoms with E-state index < -0.39 is 4.92 Å². The smallest absolute Gasteiger partial charge is 0.270 e. The second kappa shape index (κ2) is 6.75.